The van der Waals surface area contributed by atoms with Crippen LogP contribution in [0.5, 0.6) is 5.75 Å². The number of amides is 1. The molecule has 0 radical (unpaired) electrons. The average molecular weight is 359 g/mol. The summed E-state index contributed by atoms with van der Waals surface area (Å²) in [4.78, 5) is 26.8. The summed E-state index contributed by atoms with van der Waals surface area (Å²) in [5, 5.41) is 9.72. The number of rotatable bonds is 6. The van der Waals surface area contributed by atoms with Crippen molar-refractivity contribution in [1.29, 1.82) is 0 Å². The van der Waals surface area contributed by atoms with E-state index < -0.39 is 5.97 Å². The molecule has 0 fully saturated rings. The molecule has 0 aliphatic heterocycles. The summed E-state index contributed by atoms with van der Waals surface area (Å²) in [5.41, 5.74) is 1.88. The monoisotopic (exact) mass is 359 g/mol. The van der Waals surface area contributed by atoms with Gasteiger partial charge in [0.2, 0.25) is 0 Å². The fourth-order valence-electron chi connectivity index (χ4n) is 2.22. The number of phenolic OH excluding ortho intramolecular Hbond substituents is 1. The molecule has 0 saturated heterocycles. The minimum Gasteiger partial charge on any atom is -0.507 e. The fourth-order valence-corrected chi connectivity index (χ4v) is 2.63. The maximum Gasteiger partial charge on any atom is 0.342 e. The highest BCUT2D eigenvalue weighted by Gasteiger charge is 2.16. The van der Waals surface area contributed by atoms with E-state index in [2.05, 4.69) is 0 Å². The summed E-state index contributed by atoms with van der Waals surface area (Å²) in [6, 6.07) is 12.6. The van der Waals surface area contributed by atoms with Crippen LogP contribution in [0.15, 0.2) is 47.4 Å². The second-order valence-electron chi connectivity index (χ2n) is 5.69. The first kappa shape index (κ1) is 18.9. The van der Waals surface area contributed by atoms with Crippen molar-refractivity contribution in [3.05, 3.63) is 59.2 Å². The van der Waals surface area contributed by atoms with Crippen LogP contribution < -0.4 is 0 Å². The van der Waals surface area contributed by atoms with Crippen LogP contribution in [0.1, 0.15) is 21.5 Å². The topological polar surface area (TPSA) is 66.8 Å². The lowest BCUT2D eigenvalue weighted by Gasteiger charge is -2.17. The van der Waals surface area contributed by atoms with E-state index in [9.17, 15) is 14.7 Å². The van der Waals surface area contributed by atoms with E-state index in [1.54, 1.807) is 31.8 Å². The predicted molar refractivity (Wildman–Crippen MR) is 97.8 cm³/mol. The zero-order valence-corrected chi connectivity index (χ0v) is 15.3. The molecule has 0 bridgehead atoms. The molecule has 0 unspecified atom stereocenters. The molecule has 0 heterocycles. The third kappa shape index (κ3) is 5.26. The van der Waals surface area contributed by atoms with Gasteiger partial charge in [-0.05, 0) is 43.0 Å². The quantitative estimate of drug-likeness (QED) is 0.633. The van der Waals surface area contributed by atoms with Gasteiger partial charge in [0.25, 0.3) is 5.91 Å². The molecule has 0 atom stereocenters. The SMILES string of the molecule is CSc1ccc(CN(C)C(=O)COC(=O)c2cc(C)ccc2O)cc1. The molecule has 132 valence electrons. The summed E-state index contributed by atoms with van der Waals surface area (Å²) in [5.74, 6) is -1.19. The number of ether oxygens (including phenoxy) is 1. The minimum absolute atomic E-state index is 0.0584. The Morgan fingerprint density at radius 1 is 1.16 bits per heavy atom. The van der Waals surface area contributed by atoms with Crippen LogP contribution in [0.4, 0.5) is 0 Å². The van der Waals surface area contributed by atoms with Gasteiger partial charge in [0.15, 0.2) is 6.61 Å². The van der Waals surface area contributed by atoms with Crippen molar-refractivity contribution in [1.82, 2.24) is 4.90 Å². The first-order valence-electron chi connectivity index (χ1n) is 7.74. The van der Waals surface area contributed by atoms with Crippen LogP contribution in [0, 0.1) is 6.92 Å². The van der Waals surface area contributed by atoms with Crippen molar-refractivity contribution < 1.29 is 19.4 Å². The number of nitrogens with zero attached hydrogens (tertiary/aromatic N) is 1. The van der Waals surface area contributed by atoms with E-state index >= 15 is 0 Å². The van der Waals surface area contributed by atoms with Crippen molar-refractivity contribution in [3.8, 4) is 5.75 Å². The standard InChI is InChI=1S/C19H21NO4S/c1-13-4-9-17(21)16(10-13)19(23)24-12-18(22)20(2)11-14-5-7-15(25-3)8-6-14/h4-10,21H,11-12H2,1-3H3. The molecule has 2 aromatic carbocycles. The number of hydrogen-bond acceptors (Lipinski definition) is 5. The smallest absolute Gasteiger partial charge is 0.342 e. The number of aryl methyl sites for hydroxylation is 1. The Bertz CT molecular complexity index is 759. The van der Waals surface area contributed by atoms with Crippen LogP contribution in [-0.2, 0) is 16.1 Å². The van der Waals surface area contributed by atoms with Gasteiger partial charge in [0.05, 0.1) is 0 Å². The van der Waals surface area contributed by atoms with Gasteiger partial charge in [0, 0.05) is 18.5 Å². The molecular weight excluding hydrogens is 338 g/mol. The molecule has 0 saturated carbocycles. The normalized spacial score (nSPS) is 10.4. The molecule has 0 aromatic heterocycles. The Hall–Kier alpha value is -2.47. The maximum absolute atomic E-state index is 12.1. The molecule has 25 heavy (non-hydrogen) atoms. The van der Waals surface area contributed by atoms with Gasteiger partial charge in [-0.3, -0.25) is 4.79 Å². The van der Waals surface area contributed by atoms with Gasteiger partial charge in [-0.2, -0.15) is 0 Å². The van der Waals surface area contributed by atoms with Crippen molar-refractivity contribution >= 4 is 23.6 Å². The van der Waals surface area contributed by atoms with Gasteiger partial charge in [0.1, 0.15) is 11.3 Å². The molecule has 0 spiro atoms. The van der Waals surface area contributed by atoms with Gasteiger partial charge in [-0.1, -0.05) is 23.8 Å². The number of thioether (sulfide) groups is 1. The number of benzene rings is 2. The number of phenols is 1. The van der Waals surface area contributed by atoms with Crippen molar-refractivity contribution in [2.75, 3.05) is 19.9 Å². The zero-order chi connectivity index (χ0) is 18.4. The molecule has 1 amide bonds. The lowest BCUT2D eigenvalue weighted by atomic mass is 10.1. The highest BCUT2D eigenvalue weighted by atomic mass is 32.2. The first-order chi connectivity index (χ1) is 11.9. The first-order valence-corrected chi connectivity index (χ1v) is 8.97. The molecule has 2 aromatic rings. The summed E-state index contributed by atoms with van der Waals surface area (Å²) >= 11 is 1.66. The highest BCUT2D eigenvalue weighted by Crippen LogP contribution is 2.19. The number of likely N-dealkylation sites (N-methyl/N-ethyl adjacent to an activating group) is 1. The van der Waals surface area contributed by atoms with Crippen molar-refractivity contribution in [2.24, 2.45) is 0 Å². The number of esters is 1. The summed E-state index contributed by atoms with van der Waals surface area (Å²) < 4.78 is 5.03. The second-order valence-corrected chi connectivity index (χ2v) is 6.57. The number of carbonyl (C=O) groups excluding carboxylic acids is 2. The van der Waals surface area contributed by atoms with Crippen molar-refractivity contribution in [2.45, 2.75) is 18.4 Å². The Morgan fingerprint density at radius 2 is 1.84 bits per heavy atom. The van der Waals surface area contributed by atoms with Gasteiger partial charge >= 0.3 is 5.97 Å². The third-order valence-electron chi connectivity index (χ3n) is 3.70. The molecule has 0 aliphatic rings. The fraction of sp³-hybridized carbons (Fsp3) is 0.263. The predicted octanol–water partition coefficient (Wildman–Crippen LogP) is 3.24. The zero-order valence-electron chi connectivity index (χ0n) is 14.5. The van der Waals surface area contributed by atoms with Crippen LogP contribution in [0.3, 0.4) is 0 Å². The Balaban J connectivity index is 1.90. The van der Waals surface area contributed by atoms with E-state index in [0.717, 1.165) is 16.0 Å². The highest BCUT2D eigenvalue weighted by molar-refractivity contribution is 7.98. The second kappa shape index (κ2) is 8.58. The Kier molecular flexibility index (Phi) is 6.47. The minimum atomic E-state index is -0.715. The summed E-state index contributed by atoms with van der Waals surface area (Å²) in [6.45, 7) is 1.86. The van der Waals surface area contributed by atoms with E-state index in [4.69, 9.17) is 4.74 Å². The number of aromatic hydroxyl groups is 1. The van der Waals surface area contributed by atoms with Gasteiger partial charge < -0.3 is 14.7 Å². The van der Waals surface area contributed by atoms with E-state index in [-0.39, 0.29) is 23.8 Å². The summed E-state index contributed by atoms with van der Waals surface area (Å²) in [7, 11) is 1.66. The molecular formula is C19H21NO4S. The molecule has 1 N–H and O–H groups in total. The molecule has 5 nitrogen and oxygen atoms in total. The number of hydrogen-bond donors (Lipinski definition) is 1. The molecule has 0 aliphatic carbocycles. The van der Waals surface area contributed by atoms with Gasteiger partial charge in [-0.15, -0.1) is 11.8 Å². The largest absolute Gasteiger partial charge is 0.507 e. The van der Waals surface area contributed by atoms with Crippen LogP contribution in [0.25, 0.3) is 0 Å². The summed E-state index contributed by atoms with van der Waals surface area (Å²) in [6.07, 6.45) is 2.00. The lowest BCUT2D eigenvalue weighted by Crippen LogP contribution is -2.30. The van der Waals surface area contributed by atoms with Crippen LogP contribution in [0.2, 0.25) is 0 Å². The van der Waals surface area contributed by atoms with E-state index in [1.165, 1.54) is 17.0 Å². The van der Waals surface area contributed by atoms with Crippen LogP contribution >= 0.6 is 11.8 Å². The average Bonchev–Trinajstić information content (AvgIpc) is 2.62. The van der Waals surface area contributed by atoms with Gasteiger partial charge in [-0.25, -0.2) is 4.79 Å². The molecule has 6 heteroatoms. The Labute approximate surface area is 151 Å². The van der Waals surface area contributed by atoms with E-state index in [0.29, 0.717) is 6.54 Å². The molecule has 2 rings (SSSR count). The van der Waals surface area contributed by atoms with Crippen molar-refractivity contribution in [3.63, 3.8) is 0 Å². The maximum atomic E-state index is 12.1. The Morgan fingerprint density at radius 3 is 2.48 bits per heavy atom. The van der Waals surface area contributed by atoms with Crippen LogP contribution in [-0.4, -0.2) is 41.8 Å². The van der Waals surface area contributed by atoms with E-state index in [1.807, 2.05) is 30.5 Å². The number of carbonyl (C=O) groups is 2. The lowest BCUT2D eigenvalue weighted by molar-refractivity contribution is -0.133. The third-order valence-corrected chi connectivity index (χ3v) is 4.45.